The second kappa shape index (κ2) is 6.88. The van der Waals surface area contributed by atoms with Crippen molar-refractivity contribution in [3.63, 3.8) is 0 Å². The lowest BCUT2D eigenvalue weighted by Gasteiger charge is -2.15. The summed E-state index contributed by atoms with van der Waals surface area (Å²) in [5, 5.41) is 18.0. The number of aliphatic hydroxyl groups is 1. The molecule has 0 amide bonds. The van der Waals surface area contributed by atoms with E-state index in [9.17, 15) is 5.11 Å². The van der Waals surface area contributed by atoms with E-state index in [0.29, 0.717) is 12.4 Å². The minimum atomic E-state index is -0.660. The Morgan fingerprint density at radius 2 is 2.12 bits per heavy atom. The molecular weight excluding hydrogens is 304 g/mol. The predicted octanol–water partition coefficient (Wildman–Crippen LogP) is 2.97. The van der Waals surface area contributed by atoms with Gasteiger partial charge in [0, 0.05) is 18.9 Å². The summed E-state index contributed by atoms with van der Waals surface area (Å²) in [5.74, 6) is 1.46. The van der Waals surface area contributed by atoms with Gasteiger partial charge in [-0.05, 0) is 44.5 Å². The van der Waals surface area contributed by atoms with E-state index >= 15 is 0 Å². The first-order valence-electron chi connectivity index (χ1n) is 8.02. The van der Waals surface area contributed by atoms with E-state index < -0.39 is 6.10 Å². The second-order valence-corrected chi connectivity index (χ2v) is 6.03. The van der Waals surface area contributed by atoms with Gasteiger partial charge in [0.15, 0.2) is 5.82 Å². The highest BCUT2D eigenvalue weighted by atomic mass is 16.5. The molecule has 0 saturated heterocycles. The van der Waals surface area contributed by atoms with Gasteiger partial charge in [0.1, 0.15) is 11.3 Å². The molecule has 0 spiro atoms. The molecule has 2 aromatic heterocycles. The lowest BCUT2D eigenvalue weighted by atomic mass is 10.1. The highest BCUT2D eigenvalue weighted by Gasteiger charge is 2.11. The van der Waals surface area contributed by atoms with Crippen molar-refractivity contribution in [3.8, 4) is 5.75 Å². The van der Waals surface area contributed by atoms with Crippen LogP contribution in [0.1, 0.15) is 31.2 Å². The normalized spacial score (nSPS) is 12.5. The van der Waals surface area contributed by atoms with Crippen LogP contribution in [0.15, 0.2) is 42.7 Å². The van der Waals surface area contributed by atoms with E-state index in [1.165, 1.54) is 0 Å². The first-order chi connectivity index (χ1) is 11.5. The van der Waals surface area contributed by atoms with E-state index in [1.807, 2.05) is 51.1 Å². The molecule has 6 heteroatoms. The first-order valence-corrected chi connectivity index (χ1v) is 8.02. The third-order valence-electron chi connectivity index (χ3n) is 3.59. The molecule has 6 nitrogen and oxygen atoms in total. The number of nitrogens with one attached hydrogen (secondary N) is 1. The molecular formula is C18H22N4O2. The van der Waals surface area contributed by atoms with Crippen molar-refractivity contribution >= 4 is 11.3 Å². The van der Waals surface area contributed by atoms with Crippen LogP contribution in [0.4, 0.5) is 5.82 Å². The van der Waals surface area contributed by atoms with E-state index in [0.717, 1.165) is 22.5 Å². The smallest absolute Gasteiger partial charge is 0.152 e. The predicted molar refractivity (Wildman–Crippen MR) is 93.4 cm³/mol. The van der Waals surface area contributed by atoms with Crippen LogP contribution in [0.3, 0.4) is 0 Å². The van der Waals surface area contributed by atoms with E-state index in [2.05, 4.69) is 15.4 Å². The molecule has 24 heavy (non-hydrogen) atoms. The van der Waals surface area contributed by atoms with Crippen LogP contribution >= 0.6 is 0 Å². The number of fused-ring (bicyclic) bond motifs is 1. The molecule has 0 aliphatic rings. The first kappa shape index (κ1) is 16.3. The minimum absolute atomic E-state index is 0.0995. The molecule has 0 bridgehead atoms. The third kappa shape index (κ3) is 3.65. The molecule has 0 aliphatic heterocycles. The van der Waals surface area contributed by atoms with Gasteiger partial charge in [0.05, 0.1) is 17.9 Å². The molecule has 1 atom stereocenters. The molecule has 3 rings (SSSR count). The van der Waals surface area contributed by atoms with Crippen molar-refractivity contribution in [2.75, 3.05) is 11.9 Å². The Morgan fingerprint density at radius 3 is 2.92 bits per heavy atom. The van der Waals surface area contributed by atoms with E-state index in [4.69, 9.17) is 4.74 Å². The molecule has 126 valence electrons. The molecule has 2 N–H and O–H groups in total. The number of benzene rings is 1. The van der Waals surface area contributed by atoms with Gasteiger partial charge in [-0.25, -0.2) is 9.50 Å². The number of nitrogens with zero attached hydrogens (tertiary/aromatic N) is 3. The van der Waals surface area contributed by atoms with Crippen LogP contribution in [0.25, 0.3) is 5.52 Å². The Balaban J connectivity index is 1.71. The number of ether oxygens (including phenoxy) is 1. The van der Waals surface area contributed by atoms with Crippen LogP contribution in [0.5, 0.6) is 5.75 Å². The van der Waals surface area contributed by atoms with E-state index in [-0.39, 0.29) is 6.10 Å². The average Bonchev–Trinajstić information content (AvgIpc) is 2.93. The second-order valence-electron chi connectivity index (χ2n) is 6.03. The van der Waals surface area contributed by atoms with Crippen LogP contribution in [-0.2, 0) is 0 Å². The summed E-state index contributed by atoms with van der Waals surface area (Å²) in [5.41, 5.74) is 2.61. The fraction of sp³-hybridized carbons (Fsp3) is 0.333. The molecule has 0 fully saturated rings. The van der Waals surface area contributed by atoms with Gasteiger partial charge in [-0.15, -0.1) is 0 Å². The maximum atomic E-state index is 10.4. The van der Waals surface area contributed by atoms with Gasteiger partial charge in [-0.1, -0.05) is 12.1 Å². The summed E-state index contributed by atoms with van der Waals surface area (Å²) in [6, 6.07) is 9.48. The van der Waals surface area contributed by atoms with Crippen molar-refractivity contribution in [1.82, 2.24) is 14.6 Å². The van der Waals surface area contributed by atoms with Crippen molar-refractivity contribution < 1.29 is 9.84 Å². The summed E-state index contributed by atoms with van der Waals surface area (Å²) < 4.78 is 7.44. The van der Waals surface area contributed by atoms with Gasteiger partial charge in [-0.2, -0.15) is 5.10 Å². The molecule has 1 unspecified atom stereocenters. The summed E-state index contributed by atoms with van der Waals surface area (Å²) in [4.78, 5) is 4.34. The summed E-state index contributed by atoms with van der Waals surface area (Å²) in [6.07, 6.45) is 2.93. The molecule has 2 heterocycles. The van der Waals surface area contributed by atoms with Crippen LogP contribution in [0, 0.1) is 6.92 Å². The summed E-state index contributed by atoms with van der Waals surface area (Å²) in [6.45, 7) is 6.24. The number of aromatic nitrogens is 3. The summed E-state index contributed by atoms with van der Waals surface area (Å²) >= 11 is 0. The third-order valence-corrected chi connectivity index (χ3v) is 3.59. The van der Waals surface area contributed by atoms with Crippen LogP contribution in [0.2, 0.25) is 0 Å². The summed E-state index contributed by atoms with van der Waals surface area (Å²) in [7, 11) is 0. The largest absolute Gasteiger partial charge is 0.491 e. The number of rotatable bonds is 6. The highest BCUT2D eigenvalue weighted by Crippen LogP contribution is 2.21. The Morgan fingerprint density at radius 1 is 1.29 bits per heavy atom. The number of anilines is 1. The van der Waals surface area contributed by atoms with Gasteiger partial charge in [-0.3, -0.25) is 0 Å². The Kier molecular flexibility index (Phi) is 4.66. The standard InChI is InChI=1S/C18H22N4O2/c1-12(2)24-15-6-4-5-14(10-15)17(23)11-20-18-16-9-13(3)21-22(16)8-7-19-18/h4-10,12,17,23H,11H2,1-3H3,(H,19,20). The van der Waals surface area contributed by atoms with Gasteiger partial charge < -0.3 is 15.2 Å². The van der Waals surface area contributed by atoms with Crippen molar-refractivity contribution in [2.24, 2.45) is 0 Å². The van der Waals surface area contributed by atoms with Crippen molar-refractivity contribution in [1.29, 1.82) is 0 Å². The minimum Gasteiger partial charge on any atom is -0.491 e. The zero-order valence-corrected chi connectivity index (χ0v) is 14.1. The number of aryl methyl sites for hydroxylation is 1. The molecule has 0 aliphatic carbocycles. The number of hydrogen-bond donors (Lipinski definition) is 2. The maximum Gasteiger partial charge on any atom is 0.152 e. The van der Waals surface area contributed by atoms with E-state index in [1.54, 1.807) is 16.9 Å². The Labute approximate surface area is 141 Å². The quantitative estimate of drug-likeness (QED) is 0.729. The average molecular weight is 326 g/mol. The number of aliphatic hydroxyl groups excluding tert-OH is 1. The Bertz CT molecular complexity index is 829. The highest BCUT2D eigenvalue weighted by molar-refractivity contribution is 5.67. The lowest BCUT2D eigenvalue weighted by Crippen LogP contribution is -2.14. The topological polar surface area (TPSA) is 71.7 Å². The number of hydrogen-bond acceptors (Lipinski definition) is 5. The zero-order valence-electron chi connectivity index (χ0n) is 14.1. The monoisotopic (exact) mass is 326 g/mol. The van der Waals surface area contributed by atoms with Crippen molar-refractivity contribution in [3.05, 3.63) is 54.0 Å². The Hall–Kier alpha value is -2.60. The lowest BCUT2D eigenvalue weighted by molar-refractivity contribution is 0.189. The molecule has 0 saturated carbocycles. The fourth-order valence-electron chi connectivity index (χ4n) is 2.56. The molecule has 1 aromatic carbocycles. The van der Waals surface area contributed by atoms with Gasteiger partial charge in [0.2, 0.25) is 0 Å². The molecule has 3 aromatic rings. The fourth-order valence-corrected chi connectivity index (χ4v) is 2.56. The van der Waals surface area contributed by atoms with Gasteiger partial charge in [0.25, 0.3) is 0 Å². The maximum absolute atomic E-state index is 10.4. The van der Waals surface area contributed by atoms with Crippen LogP contribution in [-0.4, -0.2) is 32.4 Å². The van der Waals surface area contributed by atoms with Gasteiger partial charge >= 0.3 is 0 Å². The molecule has 0 radical (unpaired) electrons. The zero-order chi connectivity index (χ0) is 17.1. The van der Waals surface area contributed by atoms with Crippen molar-refractivity contribution in [2.45, 2.75) is 33.0 Å². The van der Waals surface area contributed by atoms with Crippen LogP contribution < -0.4 is 10.1 Å². The SMILES string of the molecule is Cc1cc2c(NCC(O)c3cccc(OC(C)C)c3)nccn2n1.